The van der Waals surface area contributed by atoms with Crippen molar-refractivity contribution in [2.24, 2.45) is 0 Å². The Balaban J connectivity index is 1.62. The smallest absolute Gasteiger partial charge is 0.253 e. The van der Waals surface area contributed by atoms with Crippen molar-refractivity contribution < 1.29 is 9.90 Å². The first-order valence-corrected chi connectivity index (χ1v) is 13.0. The van der Waals surface area contributed by atoms with Crippen LogP contribution in [-0.4, -0.2) is 60.6 Å². The molecule has 0 aromatic heterocycles. The molecule has 1 fully saturated rings. The molecule has 1 aliphatic heterocycles. The average molecular weight is 537 g/mol. The normalized spacial score (nSPS) is 16.8. The van der Waals surface area contributed by atoms with E-state index in [-0.39, 0.29) is 31.1 Å². The van der Waals surface area contributed by atoms with Gasteiger partial charge in [0.15, 0.2) is 5.69 Å². The van der Waals surface area contributed by atoms with Crippen molar-refractivity contribution in [3.05, 3.63) is 105 Å². The van der Waals surface area contributed by atoms with E-state index in [1.54, 1.807) is 19.2 Å². The Kier molecular flexibility index (Phi) is 8.73. The highest BCUT2D eigenvalue weighted by molar-refractivity contribution is 6.33. The molecule has 6 nitrogen and oxygen atoms in total. The topological polar surface area (TPSA) is 51.4 Å². The lowest BCUT2D eigenvalue weighted by atomic mass is 9.98. The van der Waals surface area contributed by atoms with Gasteiger partial charge in [-0.1, -0.05) is 59.6 Å². The highest BCUT2D eigenvalue weighted by atomic mass is 35.5. The number of carbonyl (C=O) groups is 1. The molecule has 1 heterocycles. The standard InChI is InChI=1S/C29H30Cl2N4O2/c1-20(21-6-11-25(32-2)12-7-21)34-14-15-35(28(19-34)22-4-9-24(30)10-5-22)27-13-8-23(18-26(27)31)29(37)33(3)16-17-36/h4-13,18,20,28,36H,14-17,19H2,1,3H3/t20-,28+/m1/s1. The molecular weight excluding hydrogens is 507 g/mol. The summed E-state index contributed by atoms with van der Waals surface area (Å²) in [5.41, 5.74) is 4.30. The Morgan fingerprint density at radius 2 is 1.81 bits per heavy atom. The molecule has 4 rings (SSSR count). The summed E-state index contributed by atoms with van der Waals surface area (Å²) in [6.07, 6.45) is 0. The molecule has 3 aromatic carbocycles. The van der Waals surface area contributed by atoms with Crippen molar-refractivity contribution in [3.63, 3.8) is 0 Å². The second-order valence-corrected chi connectivity index (χ2v) is 10.1. The van der Waals surface area contributed by atoms with Crippen LogP contribution in [0.2, 0.25) is 10.0 Å². The number of carbonyl (C=O) groups excluding carboxylic acids is 1. The molecule has 1 N–H and O–H groups in total. The van der Waals surface area contributed by atoms with E-state index < -0.39 is 0 Å². The average Bonchev–Trinajstić information content (AvgIpc) is 2.92. The largest absolute Gasteiger partial charge is 0.395 e. The zero-order valence-electron chi connectivity index (χ0n) is 20.9. The van der Waals surface area contributed by atoms with E-state index in [4.69, 9.17) is 34.9 Å². The minimum Gasteiger partial charge on any atom is -0.395 e. The Morgan fingerprint density at radius 1 is 1.11 bits per heavy atom. The van der Waals surface area contributed by atoms with Gasteiger partial charge in [0.2, 0.25) is 0 Å². The Labute approximate surface area is 228 Å². The summed E-state index contributed by atoms with van der Waals surface area (Å²) in [4.78, 5) is 22.4. The maximum Gasteiger partial charge on any atom is 0.253 e. The van der Waals surface area contributed by atoms with Gasteiger partial charge in [-0.05, 0) is 48.4 Å². The molecule has 3 aromatic rings. The summed E-state index contributed by atoms with van der Waals surface area (Å²) in [7, 11) is 1.66. The molecule has 0 bridgehead atoms. The zero-order valence-corrected chi connectivity index (χ0v) is 22.5. The minimum atomic E-state index is -0.181. The zero-order chi connectivity index (χ0) is 26.5. The van der Waals surface area contributed by atoms with Crippen LogP contribution in [0.4, 0.5) is 11.4 Å². The SMILES string of the molecule is [C-]#[N+]c1ccc([C@@H](C)N2CCN(c3ccc(C(=O)N(C)CCO)cc3Cl)[C@H](c3ccc(Cl)cc3)C2)cc1. The van der Waals surface area contributed by atoms with Crippen molar-refractivity contribution in [3.8, 4) is 0 Å². The van der Waals surface area contributed by atoms with E-state index in [1.807, 2.05) is 54.6 Å². The van der Waals surface area contributed by atoms with E-state index in [1.165, 1.54) is 10.5 Å². The van der Waals surface area contributed by atoms with E-state index >= 15 is 0 Å². The van der Waals surface area contributed by atoms with Gasteiger partial charge >= 0.3 is 0 Å². The first kappa shape index (κ1) is 27.0. The molecule has 192 valence electrons. The number of hydrogen-bond donors (Lipinski definition) is 1. The summed E-state index contributed by atoms with van der Waals surface area (Å²) in [5, 5.41) is 10.4. The van der Waals surface area contributed by atoms with Crippen molar-refractivity contribution >= 4 is 40.5 Å². The number of hydrogen-bond acceptors (Lipinski definition) is 4. The lowest BCUT2D eigenvalue weighted by Gasteiger charge is -2.45. The fraction of sp³-hybridized carbons (Fsp3) is 0.310. The second-order valence-electron chi connectivity index (χ2n) is 9.25. The number of piperazine rings is 1. The van der Waals surface area contributed by atoms with Crippen molar-refractivity contribution in [2.75, 3.05) is 44.7 Å². The number of nitrogens with zero attached hydrogens (tertiary/aromatic N) is 4. The molecule has 0 spiro atoms. The van der Waals surface area contributed by atoms with Gasteiger partial charge < -0.3 is 14.9 Å². The second kappa shape index (κ2) is 12.0. The fourth-order valence-corrected chi connectivity index (χ4v) is 5.21. The minimum absolute atomic E-state index is 0.0205. The third kappa shape index (κ3) is 6.08. The van der Waals surface area contributed by atoms with Crippen molar-refractivity contribution in [2.45, 2.75) is 19.0 Å². The first-order valence-electron chi connectivity index (χ1n) is 12.2. The molecule has 1 saturated heterocycles. The van der Waals surface area contributed by atoms with Crippen LogP contribution in [0.25, 0.3) is 4.85 Å². The number of anilines is 1. The van der Waals surface area contributed by atoms with E-state index in [2.05, 4.69) is 21.6 Å². The number of benzene rings is 3. The molecule has 0 saturated carbocycles. The summed E-state index contributed by atoms with van der Waals surface area (Å²) in [6, 6.07) is 21.3. The van der Waals surface area contributed by atoms with Gasteiger partial charge in [-0.2, -0.15) is 0 Å². The molecular formula is C29H30Cl2N4O2. The quantitative estimate of drug-likeness (QED) is 0.363. The van der Waals surface area contributed by atoms with E-state index in [9.17, 15) is 4.79 Å². The first-order chi connectivity index (χ1) is 17.8. The predicted octanol–water partition coefficient (Wildman–Crippen LogP) is 6.23. The van der Waals surface area contributed by atoms with Gasteiger partial charge in [-0.3, -0.25) is 9.69 Å². The molecule has 8 heteroatoms. The Morgan fingerprint density at radius 3 is 2.43 bits per heavy atom. The van der Waals surface area contributed by atoms with Crippen LogP contribution in [0.5, 0.6) is 0 Å². The maximum atomic E-state index is 12.7. The van der Waals surface area contributed by atoms with Gasteiger partial charge in [0.1, 0.15) is 0 Å². The summed E-state index contributed by atoms with van der Waals surface area (Å²) in [6.45, 7) is 11.9. The lowest BCUT2D eigenvalue weighted by Crippen LogP contribution is -2.49. The number of aliphatic hydroxyl groups is 1. The van der Waals surface area contributed by atoms with Crippen LogP contribution in [0.3, 0.4) is 0 Å². The van der Waals surface area contributed by atoms with Crippen LogP contribution < -0.4 is 4.90 Å². The van der Waals surface area contributed by atoms with Gasteiger partial charge in [0, 0.05) is 49.9 Å². The van der Waals surface area contributed by atoms with E-state index in [0.29, 0.717) is 21.3 Å². The van der Waals surface area contributed by atoms with Crippen LogP contribution >= 0.6 is 23.2 Å². The van der Waals surface area contributed by atoms with E-state index in [0.717, 1.165) is 30.9 Å². The van der Waals surface area contributed by atoms with Gasteiger partial charge in [0.25, 0.3) is 5.91 Å². The molecule has 1 amide bonds. The highest BCUT2D eigenvalue weighted by Crippen LogP contribution is 2.38. The van der Waals surface area contributed by atoms with Crippen LogP contribution in [0.15, 0.2) is 66.7 Å². The number of amides is 1. The lowest BCUT2D eigenvalue weighted by molar-refractivity contribution is 0.0767. The Hall–Kier alpha value is -3.08. The van der Waals surface area contributed by atoms with Crippen molar-refractivity contribution in [1.82, 2.24) is 9.80 Å². The predicted molar refractivity (Wildman–Crippen MR) is 150 cm³/mol. The van der Waals surface area contributed by atoms with Gasteiger partial charge in [-0.25, -0.2) is 4.85 Å². The molecule has 1 aliphatic rings. The number of aliphatic hydroxyl groups excluding tert-OH is 1. The van der Waals surface area contributed by atoms with Gasteiger partial charge in [0.05, 0.1) is 29.9 Å². The van der Waals surface area contributed by atoms with Crippen molar-refractivity contribution in [1.29, 1.82) is 0 Å². The third-order valence-electron chi connectivity index (χ3n) is 7.01. The van der Waals surface area contributed by atoms with Crippen LogP contribution in [0.1, 0.15) is 40.5 Å². The summed E-state index contributed by atoms with van der Waals surface area (Å²) >= 11 is 13.0. The monoisotopic (exact) mass is 536 g/mol. The third-order valence-corrected chi connectivity index (χ3v) is 7.56. The molecule has 37 heavy (non-hydrogen) atoms. The molecule has 0 unspecified atom stereocenters. The number of rotatable bonds is 7. The Bertz CT molecular complexity index is 1270. The summed E-state index contributed by atoms with van der Waals surface area (Å²) in [5.74, 6) is -0.181. The molecule has 0 aliphatic carbocycles. The number of likely N-dealkylation sites (N-methyl/N-ethyl adjacent to an activating group) is 1. The van der Waals surface area contributed by atoms with Gasteiger partial charge in [-0.15, -0.1) is 0 Å². The molecule has 2 atom stereocenters. The summed E-state index contributed by atoms with van der Waals surface area (Å²) < 4.78 is 0. The maximum absolute atomic E-state index is 12.7. The van der Waals surface area contributed by atoms with Crippen LogP contribution in [-0.2, 0) is 0 Å². The van der Waals surface area contributed by atoms with Crippen LogP contribution in [0, 0.1) is 6.57 Å². The highest BCUT2D eigenvalue weighted by Gasteiger charge is 2.32. The number of halogens is 2. The fourth-order valence-electron chi connectivity index (χ4n) is 4.80. The molecule has 0 radical (unpaired) electrons.